The molecular formula is C57H38N4OS. The Morgan fingerprint density at radius 2 is 1.06 bits per heavy atom. The average molecular weight is 827 g/mol. The van der Waals surface area contributed by atoms with Gasteiger partial charge in [0.25, 0.3) is 0 Å². The highest BCUT2D eigenvalue weighted by atomic mass is 32.2. The first-order valence-electron chi connectivity index (χ1n) is 21.2. The van der Waals surface area contributed by atoms with Crippen molar-refractivity contribution in [1.29, 1.82) is 0 Å². The number of amidine groups is 1. The predicted molar refractivity (Wildman–Crippen MR) is 262 cm³/mol. The Labute approximate surface area is 368 Å². The van der Waals surface area contributed by atoms with Gasteiger partial charge in [-0.15, -0.1) is 0 Å². The lowest BCUT2D eigenvalue weighted by Crippen LogP contribution is -2.35. The number of hydrogen-bond acceptors (Lipinski definition) is 5. The van der Waals surface area contributed by atoms with Crippen LogP contribution in [-0.4, -0.2) is 16.4 Å². The van der Waals surface area contributed by atoms with E-state index in [0.717, 1.165) is 93.4 Å². The van der Waals surface area contributed by atoms with Crippen molar-refractivity contribution in [3.8, 4) is 33.4 Å². The molecule has 11 aromatic rings. The Hall–Kier alpha value is -7.93. The molecule has 6 heteroatoms. The molecule has 1 atom stereocenters. The Morgan fingerprint density at radius 3 is 1.84 bits per heavy atom. The number of aliphatic imine (C=N–C) groups is 2. The van der Waals surface area contributed by atoms with Gasteiger partial charge in [-0.2, -0.15) is 4.99 Å². The van der Waals surface area contributed by atoms with Crippen LogP contribution < -0.4 is 5.32 Å². The van der Waals surface area contributed by atoms with Crippen LogP contribution in [0.25, 0.3) is 77.1 Å². The fourth-order valence-corrected chi connectivity index (χ4v) is 9.94. The van der Waals surface area contributed by atoms with E-state index < -0.39 is 6.17 Å². The van der Waals surface area contributed by atoms with Gasteiger partial charge in [0.1, 0.15) is 23.2 Å². The van der Waals surface area contributed by atoms with Crippen LogP contribution >= 0.6 is 11.8 Å². The summed E-state index contributed by atoms with van der Waals surface area (Å²) in [7, 11) is 0. The average Bonchev–Trinajstić information content (AvgIpc) is 3.88. The van der Waals surface area contributed by atoms with E-state index in [0.29, 0.717) is 5.96 Å². The highest BCUT2D eigenvalue weighted by Gasteiger charge is 2.26. The second-order valence-electron chi connectivity index (χ2n) is 15.8. The number of benzene rings is 9. The van der Waals surface area contributed by atoms with Crippen LogP contribution in [0.1, 0.15) is 17.3 Å². The zero-order valence-corrected chi connectivity index (χ0v) is 34.8. The molecule has 0 spiro atoms. The third-order valence-electron chi connectivity index (χ3n) is 11.9. The first kappa shape index (κ1) is 36.9. The minimum Gasteiger partial charge on any atom is -0.456 e. The van der Waals surface area contributed by atoms with Gasteiger partial charge in [-0.3, -0.25) is 4.57 Å². The van der Waals surface area contributed by atoms with Gasteiger partial charge in [0.2, 0.25) is 5.96 Å². The van der Waals surface area contributed by atoms with Crippen molar-refractivity contribution in [2.45, 2.75) is 16.0 Å². The molecule has 0 fully saturated rings. The van der Waals surface area contributed by atoms with E-state index in [1.54, 1.807) is 11.8 Å². The van der Waals surface area contributed by atoms with E-state index >= 15 is 0 Å². The van der Waals surface area contributed by atoms with Crippen molar-refractivity contribution in [3.63, 3.8) is 0 Å². The molecule has 2 aromatic heterocycles. The molecular weight excluding hydrogens is 789 g/mol. The van der Waals surface area contributed by atoms with Crippen LogP contribution in [0, 0.1) is 0 Å². The Morgan fingerprint density at radius 1 is 0.444 bits per heavy atom. The molecule has 63 heavy (non-hydrogen) atoms. The summed E-state index contributed by atoms with van der Waals surface area (Å²) in [5.41, 5.74) is 12.6. The monoisotopic (exact) mass is 826 g/mol. The quantitative estimate of drug-likeness (QED) is 0.174. The summed E-state index contributed by atoms with van der Waals surface area (Å²) in [6.07, 6.45) is -0.423. The highest BCUT2D eigenvalue weighted by molar-refractivity contribution is 7.99. The number of nitrogens with one attached hydrogen (secondary N) is 1. The molecule has 1 aliphatic rings. The molecule has 0 saturated carbocycles. The molecule has 0 radical (unpaired) electrons. The number of para-hydroxylation sites is 1. The number of hydrogen-bond donors (Lipinski definition) is 1. The van der Waals surface area contributed by atoms with Crippen LogP contribution in [0.5, 0.6) is 0 Å². The molecule has 1 N–H and O–H groups in total. The molecule has 0 aliphatic carbocycles. The maximum atomic E-state index is 6.56. The maximum Gasteiger partial charge on any atom is 0.234 e. The minimum absolute atomic E-state index is 0.423. The number of aromatic nitrogens is 1. The van der Waals surface area contributed by atoms with E-state index in [1.165, 1.54) is 10.5 Å². The molecule has 3 heterocycles. The van der Waals surface area contributed by atoms with Crippen LogP contribution in [0.2, 0.25) is 0 Å². The normalized spacial score (nSPS) is 13.9. The summed E-state index contributed by atoms with van der Waals surface area (Å²) >= 11 is 1.78. The standard InChI is InChI=1S/C57H38N4OS/c1-5-18-37(19-6-1)40-24-17-25-41(32-40)56-58-55(39-22-9-3-10-23-39)59-57(60-56)61-50-33-48-45-30-15-16-31-52(45)62-53(48)35-46(50)47-36-54(63-42-26-11-4-12-27-42)49(34-51(47)61)44-29-14-13-28-43(44)38-20-7-2-8-21-38/h1-36,56H,(H,58,59,60). The molecule has 0 amide bonds. The van der Waals surface area contributed by atoms with Crippen molar-refractivity contribution in [2.75, 3.05) is 0 Å². The molecule has 5 nitrogen and oxygen atoms in total. The van der Waals surface area contributed by atoms with Gasteiger partial charge < -0.3 is 9.73 Å². The second kappa shape index (κ2) is 15.5. The van der Waals surface area contributed by atoms with Crippen molar-refractivity contribution in [3.05, 3.63) is 230 Å². The summed E-state index contributed by atoms with van der Waals surface area (Å²) in [4.78, 5) is 13.3. The van der Waals surface area contributed by atoms with E-state index in [1.807, 2.05) is 18.2 Å². The summed E-state index contributed by atoms with van der Waals surface area (Å²) in [6, 6.07) is 77.0. The Bertz CT molecular complexity index is 3560. The SMILES string of the molecule is c1ccc(Sc2cc3c4cc5oc6ccccc6c5cc4n(C4=NC(c5cccc(-c6ccccc6)c5)NC(c5ccccc5)=N4)c3cc2-c2ccccc2-c2ccccc2)cc1. The van der Waals surface area contributed by atoms with E-state index in [9.17, 15) is 0 Å². The third-order valence-corrected chi connectivity index (χ3v) is 13.0. The molecule has 0 saturated heterocycles. The number of rotatable bonds is 7. The lowest BCUT2D eigenvalue weighted by Gasteiger charge is -2.25. The lowest BCUT2D eigenvalue weighted by molar-refractivity contribution is 0.668. The van der Waals surface area contributed by atoms with Gasteiger partial charge in [-0.1, -0.05) is 182 Å². The first-order valence-corrected chi connectivity index (χ1v) is 22.0. The molecule has 298 valence electrons. The van der Waals surface area contributed by atoms with Gasteiger partial charge in [-0.25, -0.2) is 4.99 Å². The van der Waals surface area contributed by atoms with Crippen LogP contribution in [0.4, 0.5) is 0 Å². The Balaban J connectivity index is 1.16. The smallest absolute Gasteiger partial charge is 0.234 e. The lowest BCUT2D eigenvalue weighted by atomic mass is 9.94. The van der Waals surface area contributed by atoms with Gasteiger partial charge in [0, 0.05) is 36.9 Å². The molecule has 0 bridgehead atoms. The predicted octanol–water partition coefficient (Wildman–Crippen LogP) is 14.8. The van der Waals surface area contributed by atoms with E-state index in [4.69, 9.17) is 14.4 Å². The summed E-state index contributed by atoms with van der Waals surface area (Å²) < 4.78 is 8.84. The zero-order valence-electron chi connectivity index (χ0n) is 34.0. The first-order chi connectivity index (χ1) is 31.2. The number of fused-ring (bicyclic) bond motifs is 6. The molecule has 1 unspecified atom stereocenters. The fourth-order valence-electron chi connectivity index (χ4n) is 8.94. The van der Waals surface area contributed by atoms with Crippen LogP contribution in [0.15, 0.2) is 243 Å². The largest absolute Gasteiger partial charge is 0.456 e. The second-order valence-corrected chi connectivity index (χ2v) is 16.9. The van der Waals surface area contributed by atoms with Gasteiger partial charge in [0.15, 0.2) is 0 Å². The van der Waals surface area contributed by atoms with Crippen molar-refractivity contribution in [1.82, 2.24) is 9.88 Å². The summed E-state index contributed by atoms with van der Waals surface area (Å²) in [5, 5.41) is 8.00. The summed E-state index contributed by atoms with van der Waals surface area (Å²) in [5.74, 6) is 1.35. The third kappa shape index (κ3) is 6.69. The number of furan rings is 1. The summed E-state index contributed by atoms with van der Waals surface area (Å²) in [6.45, 7) is 0. The van der Waals surface area contributed by atoms with Crippen molar-refractivity contribution >= 4 is 67.3 Å². The van der Waals surface area contributed by atoms with Crippen LogP contribution in [-0.2, 0) is 0 Å². The van der Waals surface area contributed by atoms with Crippen molar-refractivity contribution in [2.24, 2.45) is 9.98 Å². The van der Waals surface area contributed by atoms with Gasteiger partial charge in [0.05, 0.1) is 11.0 Å². The van der Waals surface area contributed by atoms with E-state index in [2.05, 4.69) is 210 Å². The number of nitrogens with zero attached hydrogens (tertiary/aromatic N) is 3. The minimum atomic E-state index is -0.423. The van der Waals surface area contributed by atoms with Gasteiger partial charge >= 0.3 is 0 Å². The van der Waals surface area contributed by atoms with Crippen molar-refractivity contribution < 1.29 is 4.42 Å². The molecule has 9 aromatic carbocycles. The van der Waals surface area contributed by atoms with Gasteiger partial charge in [-0.05, 0) is 87.5 Å². The van der Waals surface area contributed by atoms with E-state index in [-0.39, 0.29) is 0 Å². The molecule has 1 aliphatic heterocycles. The fraction of sp³-hybridized carbons (Fsp3) is 0.0175. The topological polar surface area (TPSA) is 54.8 Å². The maximum absolute atomic E-state index is 6.56. The zero-order chi connectivity index (χ0) is 41.7. The highest BCUT2D eigenvalue weighted by Crippen LogP contribution is 2.46. The molecule has 12 rings (SSSR count). The van der Waals surface area contributed by atoms with Crippen LogP contribution in [0.3, 0.4) is 0 Å². The Kier molecular flexibility index (Phi) is 9.08.